The van der Waals surface area contributed by atoms with Crippen LogP contribution in [0.25, 0.3) is 0 Å². The van der Waals surface area contributed by atoms with E-state index in [1.807, 2.05) is 0 Å². The zero-order valence-electron chi connectivity index (χ0n) is 14.8. The molecule has 2 rings (SSSR count). The van der Waals surface area contributed by atoms with E-state index in [2.05, 4.69) is 27.8 Å². The summed E-state index contributed by atoms with van der Waals surface area (Å²) in [6.45, 7) is 3.02. The predicted octanol–water partition coefficient (Wildman–Crippen LogP) is 3.35. The molecule has 7 heteroatoms. The van der Waals surface area contributed by atoms with Crippen molar-refractivity contribution in [3.05, 3.63) is 35.9 Å². The molecular weight excluding hydrogens is 320 g/mol. The van der Waals surface area contributed by atoms with Crippen LogP contribution in [-0.2, 0) is 0 Å². The van der Waals surface area contributed by atoms with Gasteiger partial charge in [-0.05, 0) is 36.8 Å². The maximum atomic E-state index is 12.3. The number of methoxy groups -OCH3 is 2. The molecule has 25 heavy (non-hydrogen) atoms. The molecule has 0 atom stereocenters. The van der Waals surface area contributed by atoms with Gasteiger partial charge in [-0.3, -0.25) is 4.79 Å². The first kappa shape index (κ1) is 18.5. The second kappa shape index (κ2) is 9.46. The molecule has 0 unspecified atom stereocenters. The van der Waals surface area contributed by atoms with Crippen LogP contribution >= 0.6 is 0 Å². The Morgan fingerprint density at radius 2 is 1.72 bits per heavy atom. The van der Waals surface area contributed by atoms with E-state index in [1.165, 1.54) is 20.0 Å². The Bertz CT molecular complexity index is 689. The van der Waals surface area contributed by atoms with Crippen molar-refractivity contribution in [3.63, 3.8) is 0 Å². The van der Waals surface area contributed by atoms with E-state index in [4.69, 9.17) is 9.47 Å². The molecule has 7 nitrogen and oxygen atoms in total. The molecule has 0 saturated heterocycles. The zero-order chi connectivity index (χ0) is 18.1. The topological polar surface area (TPSA) is 85.4 Å². The Hall–Kier alpha value is -2.83. The van der Waals surface area contributed by atoms with Crippen LogP contribution in [0.2, 0.25) is 0 Å². The summed E-state index contributed by atoms with van der Waals surface area (Å²) in [7, 11) is 3.07. The summed E-state index contributed by atoms with van der Waals surface area (Å²) < 4.78 is 10.4. The normalized spacial score (nSPS) is 10.2. The van der Waals surface area contributed by atoms with Crippen LogP contribution in [0.5, 0.6) is 11.5 Å². The first-order valence-corrected chi connectivity index (χ1v) is 8.29. The second-order valence-electron chi connectivity index (χ2n) is 5.46. The summed E-state index contributed by atoms with van der Waals surface area (Å²) in [5.74, 6) is 1.85. The molecule has 134 valence electrons. The highest BCUT2D eigenvalue weighted by Gasteiger charge is 2.11. The summed E-state index contributed by atoms with van der Waals surface area (Å²) in [4.78, 5) is 12.3. The minimum Gasteiger partial charge on any atom is -0.493 e. The number of nitrogens with zero attached hydrogens (tertiary/aromatic N) is 2. The summed E-state index contributed by atoms with van der Waals surface area (Å²) in [5.41, 5.74) is 0.446. The van der Waals surface area contributed by atoms with Crippen molar-refractivity contribution >= 4 is 17.5 Å². The third-order valence-electron chi connectivity index (χ3n) is 3.64. The van der Waals surface area contributed by atoms with Crippen molar-refractivity contribution in [1.82, 2.24) is 10.2 Å². The van der Waals surface area contributed by atoms with Crippen LogP contribution in [0.3, 0.4) is 0 Å². The van der Waals surface area contributed by atoms with Gasteiger partial charge in [-0.25, -0.2) is 0 Å². The van der Waals surface area contributed by atoms with Crippen LogP contribution in [-0.4, -0.2) is 36.9 Å². The number of unbranched alkanes of at least 4 members (excludes halogenated alkanes) is 2. The van der Waals surface area contributed by atoms with Gasteiger partial charge in [0.05, 0.1) is 14.2 Å². The molecular formula is C18H24N4O3. The Morgan fingerprint density at radius 1 is 1.00 bits per heavy atom. The highest BCUT2D eigenvalue weighted by atomic mass is 16.5. The van der Waals surface area contributed by atoms with Crippen molar-refractivity contribution in [2.45, 2.75) is 26.2 Å². The average Bonchev–Trinajstić information content (AvgIpc) is 2.65. The van der Waals surface area contributed by atoms with E-state index in [-0.39, 0.29) is 5.91 Å². The fourth-order valence-electron chi connectivity index (χ4n) is 2.25. The number of hydrogen-bond donors (Lipinski definition) is 2. The molecule has 0 radical (unpaired) electrons. The minimum atomic E-state index is -0.293. The smallest absolute Gasteiger partial charge is 0.257 e. The van der Waals surface area contributed by atoms with Crippen molar-refractivity contribution in [1.29, 1.82) is 0 Å². The number of amides is 1. The lowest BCUT2D eigenvalue weighted by molar-refractivity contribution is 0.102. The largest absolute Gasteiger partial charge is 0.493 e. The first-order valence-electron chi connectivity index (χ1n) is 8.29. The summed E-state index contributed by atoms with van der Waals surface area (Å²) >= 11 is 0. The van der Waals surface area contributed by atoms with E-state index in [9.17, 15) is 4.79 Å². The van der Waals surface area contributed by atoms with E-state index in [0.29, 0.717) is 28.7 Å². The SMILES string of the molecule is CCCCCNc1ccc(NC(=O)c2ccc(OC)c(OC)c2)nn1. The first-order chi connectivity index (χ1) is 12.2. The molecule has 1 amide bonds. The van der Waals surface area contributed by atoms with Gasteiger partial charge in [-0.1, -0.05) is 19.8 Å². The maximum absolute atomic E-state index is 12.3. The molecule has 2 N–H and O–H groups in total. The Morgan fingerprint density at radius 3 is 2.36 bits per heavy atom. The zero-order valence-corrected chi connectivity index (χ0v) is 14.8. The summed E-state index contributed by atoms with van der Waals surface area (Å²) in [5, 5.41) is 14.0. The van der Waals surface area contributed by atoms with Gasteiger partial charge in [0, 0.05) is 12.1 Å². The van der Waals surface area contributed by atoms with E-state index in [1.54, 1.807) is 37.4 Å². The van der Waals surface area contributed by atoms with Gasteiger partial charge in [0.15, 0.2) is 17.3 Å². The van der Waals surface area contributed by atoms with Crippen molar-refractivity contribution in [3.8, 4) is 11.5 Å². The van der Waals surface area contributed by atoms with Gasteiger partial charge < -0.3 is 20.1 Å². The molecule has 0 saturated carbocycles. The number of nitrogens with one attached hydrogen (secondary N) is 2. The Labute approximate surface area is 147 Å². The lowest BCUT2D eigenvalue weighted by Crippen LogP contribution is -2.14. The molecule has 0 aliphatic rings. The van der Waals surface area contributed by atoms with E-state index < -0.39 is 0 Å². The highest BCUT2D eigenvalue weighted by Crippen LogP contribution is 2.27. The fourth-order valence-corrected chi connectivity index (χ4v) is 2.25. The Kier molecular flexibility index (Phi) is 7.00. The summed E-state index contributed by atoms with van der Waals surface area (Å²) in [6.07, 6.45) is 3.45. The van der Waals surface area contributed by atoms with Gasteiger partial charge >= 0.3 is 0 Å². The van der Waals surface area contributed by atoms with Gasteiger partial charge in [0.2, 0.25) is 0 Å². The van der Waals surface area contributed by atoms with Crippen molar-refractivity contribution in [2.75, 3.05) is 31.4 Å². The lowest BCUT2D eigenvalue weighted by Gasteiger charge is -2.10. The fraction of sp³-hybridized carbons (Fsp3) is 0.389. The number of hydrogen-bond acceptors (Lipinski definition) is 6. The predicted molar refractivity (Wildman–Crippen MR) is 97.5 cm³/mol. The van der Waals surface area contributed by atoms with Crippen LogP contribution in [0.1, 0.15) is 36.5 Å². The molecule has 1 aromatic carbocycles. The second-order valence-corrected chi connectivity index (χ2v) is 5.46. The minimum absolute atomic E-state index is 0.293. The quantitative estimate of drug-likeness (QED) is 0.679. The average molecular weight is 344 g/mol. The number of rotatable bonds is 9. The van der Waals surface area contributed by atoms with Crippen molar-refractivity contribution < 1.29 is 14.3 Å². The lowest BCUT2D eigenvalue weighted by atomic mass is 10.2. The van der Waals surface area contributed by atoms with E-state index >= 15 is 0 Å². The number of benzene rings is 1. The monoisotopic (exact) mass is 344 g/mol. The molecule has 0 spiro atoms. The molecule has 0 aliphatic carbocycles. The number of carbonyl (C=O) groups excluding carboxylic acids is 1. The third-order valence-corrected chi connectivity index (χ3v) is 3.64. The van der Waals surface area contributed by atoms with Crippen LogP contribution in [0.4, 0.5) is 11.6 Å². The number of aromatic nitrogens is 2. The molecule has 1 heterocycles. The van der Waals surface area contributed by atoms with Crippen LogP contribution in [0, 0.1) is 0 Å². The molecule has 0 aliphatic heterocycles. The molecule has 2 aromatic rings. The van der Waals surface area contributed by atoms with E-state index in [0.717, 1.165) is 13.0 Å². The highest BCUT2D eigenvalue weighted by molar-refractivity contribution is 6.04. The Balaban J connectivity index is 1.96. The number of carbonyl (C=O) groups is 1. The van der Waals surface area contributed by atoms with Gasteiger partial charge in [-0.2, -0.15) is 0 Å². The van der Waals surface area contributed by atoms with Crippen LogP contribution < -0.4 is 20.1 Å². The van der Waals surface area contributed by atoms with Crippen LogP contribution in [0.15, 0.2) is 30.3 Å². The van der Waals surface area contributed by atoms with Crippen molar-refractivity contribution in [2.24, 2.45) is 0 Å². The number of ether oxygens (including phenoxy) is 2. The van der Waals surface area contributed by atoms with Gasteiger partial charge in [0.25, 0.3) is 5.91 Å². The molecule has 1 aromatic heterocycles. The molecule has 0 bridgehead atoms. The standard InChI is InChI=1S/C18H24N4O3/c1-4-5-6-11-19-16-9-10-17(22-21-16)20-18(23)13-7-8-14(24-2)15(12-13)25-3/h7-10,12H,4-6,11H2,1-3H3,(H,19,21)(H,20,22,23). The van der Waals surface area contributed by atoms with Gasteiger partial charge in [0.1, 0.15) is 5.82 Å². The number of anilines is 2. The third kappa shape index (κ3) is 5.34. The summed E-state index contributed by atoms with van der Waals surface area (Å²) in [6, 6.07) is 8.47. The maximum Gasteiger partial charge on any atom is 0.257 e. The molecule has 0 fully saturated rings. The van der Waals surface area contributed by atoms with Gasteiger partial charge in [-0.15, -0.1) is 10.2 Å².